The van der Waals surface area contributed by atoms with E-state index >= 15 is 0 Å². The monoisotopic (exact) mass is 677 g/mol. The first-order valence-electron chi connectivity index (χ1n) is 18.3. The molecular formula is C42H55N5O3. The minimum atomic E-state index is -0.640. The molecule has 0 aliphatic carbocycles. The Morgan fingerprint density at radius 3 is 2.12 bits per heavy atom. The van der Waals surface area contributed by atoms with Crippen LogP contribution in [-0.4, -0.2) is 36.9 Å². The molecule has 0 saturated carbocycles. The van der Waals surface area contributed by atoms with Crippen LogP contribution in [-0.2, 0) is 16.6 Å². The summed E-state index contributed by atoms with van der Waals surface area (Å²) in [6.07, 6.45) is 10.3. The molecule has 0 aliphatic rings. The zero-order valence-corrected chi connectivity index (χ0v) is 31.0. The molecule has 3 aromatic carbocycles. The number of aryl methyl sites for hydroxylation is 2. The summed E-state index contributed by atoms with van der Waals surface area (Å²) in [4.78, 5) is 14.1. The summed E-state index contributed by atoms with van der Waals surface area (Å²) in [5.74, 6) is 1.50. The maximum Gasteiger partial charge on any atom is 0.265 e. The molecule has 2 heterocycles. The van der Waals surface area contributed by atoms with Gasteiger partial charge < -0.3 is 15.2 Å². The van der Waals surface area contributed by atoms with Gasteiger partial charge in [0.05, 0.1) is 0 Å². The number of anilines is 1. The Balaban J connectivity index is 1.35. The number of H-pyrrole nitrogens is 1. The lowest BCUT2D eigenvalue weighted by Gasteiger charge is -2.22. The topological polar surface area (TPSA) is 105 Å². The van der Waals surface area contributed by atoms with E-state index in [1.165, 1.54) is 38.5 Å². The predicted octanol–water partition coefficient (Wildman–Crippen LogP) is 10.2. The third-order valence-electron chi connectivity index (χ3n) is 9.60. The maximum absolute atomic E-state index is 14.1. The van der Waals surface area contributed by atoms with Gasteiger partial charge in [-0.1, -0.05) is 103 Å². The number of ether oxygens (including phenoxy) is 1. The van der Waals surface area contributed by atoms with E-state index in [1.54, 1.807) is 12.1 Å². The molecule has 8 nitrogen and oxygen atoms in total. The number of nitrogens with zero attached hydrogens (tertiary/aromatic N) is 3. The SMILES string of the molecule is CCCCCCCCCCC(Oc1ccc(Cc2ccc(O)cc2)cc1)C(=O)Nc1c(C)cc(C)c(-c2nnc3cc(C(C)(C)C)[nH]n23)c1C. The van der Waals surface area contributed by atoms with Crippen LogP contribution in [0.3, 0.4) is 0 Å². The van der Waals surface area contributed by atoms with Gasteiger partial charge in [-0.15, -0.1) is 10.2 Å². The molecule has 0 fully saturated rings. The fourth-order valence-electron chi connectivity index (χ4n) is 6.66. The number of phenols is 1. The van der Waals surface area contributed by atoms with Crippen LogP contribution in [0.25, 0.3) is 17.0 Å². The number of phenolic OH excluding ortho intramolecular Hbond substituents is 1. The normalized spacial score (nSPS) is 12.4. The molecule has 0 radical (unpaired) electrons. The molecule has 0 spiro atoms. The molecule has 5 rings (SSSR count). The van der Waals surface area contributed by atoms with Gasteiger partial charge in [-0.2, -0.15) is 0 Å². The molecule has 0 saturated heterocycles. The van der Waals surface area contributed by atoms with Crippen molar-refractivity contribution in [3.8, 4) is 22.9 Å². The van der Waals surface area contributed by atoms with Gasteiger partial charge in [0, 0.05) is 28.4 Å². The van der Waals surface area contributed by atoms with Gasteiger partial charge in [-0.25, -0.2) is 4.52 Å². The zero-order valence-electron chi connectivity index (χ0n) is 31.0. The first kappa shape index (κ1) is 36.7. The van der Waals surface area contributed by atoms with E-state index in [4.69, 9.17) is 4.74 Å². The minimum Gasteiger partial charge on any atom is -0.508 e. The van der Waals surface area contributed by atoms with Gasteiger partial charge in [-0.05, 0) is 92.1 Å². The number of rotatable bonds is 16. The minimum absolute atomic E-state index is 0.0639. The summed E-state index contributed by atoms with van der Waals surface area (Å²) in [5, 5.41) is 25.4. The van der Waals surface area contributed by atoms with Crippen LogP contribution in [0.1, 0.15) is 119 Å². The Morgan fingerprint density at radius 2 is 1.48 bits per heavy atom. The summed E-state index contributed by atoms with van der Waals surface area (Å²) in [6, 6.07) is 19.4. The predicted molar refractivity (Wildman–Crippen MR) is 203 cm³/mol. The highest BCUT2D eigenvalue weighted by Gasteiger charge is 2.25. The van der Waals surface area contributed by atoms with Crippen molar-refractivity contribution in [2.75, 3.05) is 5.32 Å². The molecule has 1 atom stereocenters. The van der Waals surface area contributed by atoms with Gasteiger partial charge in [0.2, 0.25) is 0 Å². The molecule has 1 unspecified atom stereocenters. The summed E-state index contributed by atoms with van der Waals surface area (Å²) in [6.45, 7) is 14.9. The number of hydrogen-bond donors (Lipinski definition) is 3. The Labute approximate surface area is 297 Å². The third kappa shape index (κ3) is 9.14. The van der Waals surface area contributed by atoms with Crippen molar-refractivity contribution in [3.05, 3.63) is 94.2 Å². The van der Waals surface area contributed by atoms with Crippen LogP contribution in [0, 0.1) is 20.8 Å². The quantitative estimate of drug-likeness (QED) is 0.0902. The summed E-state index contributed by atoms with van der Waals surface area (Å²) < 4.78 is 8.39. The van der Waals surface area contributed by atoms with Crippen molar-refractivity contribution in [2.45, 2.75) is 124 Å². The van der Waals surface area contributed by atoms with Crippen LogP contribution in [0.5, 0.6) is 11.5 Å². The largest absolute Gasteiger partial charge is 0.508 e. The van der Waals surface area contributed by atoms with Crippen molar-refractivity contribution in [2.24, 2.45) is 0 Å². The average molecular weight is 678 g/mol. The van der Waals surface area contributed by atoms with Crippen molar-refractivity contribution in [1.82, 2.24) is 19.8 Å². The summed E-state index contributed by atoms with van der Waals surface area (Å²) in [7, 11) is 0. The summed E-state index contributed by atoms with van der Waals surface area (Å²) in [5.41, 5.74) is 8.76. The second-order valence-corrected chi connectivity index (χ2v) is 14.9. The maximum atomic E-state index is 14.1. The molecular weight excluding hydrogens is 622 g/mol. The van der Waals surface area contributed by atoms with Crippen LogP contribution >= 0.6 is 0 Å². The molecule has 0 aliphatic heterocycles. The Bertz CT molecular complexity index is 1860. The first-order valence-corrected chi connectivity index (χ1v) is 18.3. The van der Waals surface area contributed by atoms with E-state index < -0.39 is 6.10 Å². The molecule has 8 heteroatoms. The Hall–Kier alpha value is -4.59. The van der Waals surface area contributed by atoms with Gasteiger partial charge in [-0.3, -0.25) is 9.89 Å². The Kier molecular flexibility index (Phi) is 12.0. The van der Waals surface area contributed by atoms with Crippen molar-refractivity contribution >= 4 is 17.2 Å². The summed E-state index contributed by atoms with van der Waals surface area (Å²) >= 11 is 0. The number of amides is 1. The van der Waals surface area contributed by atoms with Gasteiger partial charge >= 0.3 is 0 Å². The van der Waals surface area contributed by atoms with Crippen LogP contribution < -0.4 is 10.1 Å². The second kappa shape index (κ2) is 16.4. The number of carbonyl (C=O) groups is 1. The van der Waals surface area contributed by atoms with Crippen LogP contribution in [0.2, 0.25) is 0 Å². The third-order valence-corrected chi connectivity index (χ3v) is 9.60. The first-order chi connectivity index (χ1) is 23.9. The lowest BCUT2D eigenvalue weighted by atomic mass is 9.93. The number of carbonyl (C=O) groups excluding carboxylic acids is 1. The number of aromatic hydroxyl groups is 1. The highest BCUT2D eigenvalue weighted by Crippen LogP contribution is 2.35. The highest BCUT2D eigenvalue weighted by molar-refractivity contribution is 5.97. The smallest absolute Gasteiger partial charge is 0.265 e. The number of benzene rings is 3. The molecule has 50 heavy (non-hydrogen) atoms. The molecule has 5 aromatic rings. The molecule has 2 aromatic heterocycles. The Morgan fingerprint density at radius 1 is 0.860 bits per heavy atom. The number of fused-ring (bicyclic) bond motifs is 1. The van der Waals surface area contributed by atoms with Crippen LogP contribution in [0.15, 0.2) is 60.7 Å². The van der Waals surface area contributed by atoms with Gasteiger partial charge in [0.1, 0.15) is 11.5 Å². The highest BCUT2D eigenvalue weighted by atomic mass is 16.5. The fraction of sp³-hybridized carbons (Fsp3) is 0.452. The molecule has 0 bridgehead atoms. The van der Waals surface area contributed by atoms with E-state index in [9.17, 15) is 9.90 Å². The van der Waals surface area contributed by atoms with Gasteiger partial charge in [0.15, 0.2) is 17.6 Å². The lowest BCUT2D eigenvalue weighted by Crippen LogP contribution is -2.33. The van der Waals surface area contributed by atoms with E-state index in [2.05, 4.69) is 61.3 Å². The van der Waals surface area contributed by atoms with Crippen molar-refractivity contribution in [3.63, 3.8) is 0 Å². The van der Waals surface area contributed by atoms with Crippen LogP contribution in [0.4, 0.5) is 5.69 Å². The van der Waals surface area contributed by atoms with E-state index in [0.29, 0.717) is 12.2 Å². The van der Waals surface area contributed by atoms with Crippen molar-refractivity contribution < 1.29 is 14.6 Å². The average Bonchev–Trinajstić information content (AvgIpc) is 3.68. The fourth-order valence-corrected chi connectivity index (χ4v) is 6.66. The van der Waals surface area contributed by atoms with E-state index in [-0.39, 0.29) is 17.1 Å². The van der Waals surface area contributed by atoms with E-state index in [0.717, 1.165) is 75.5 Å². The zero-order chi connectivity index (χ0) is 35.8. The lowest BCUT2D eigenvalue weighted by molar-refractivity contribution is -0.123. The second-order valence-electron chi connectivity index (χ2n) is 14.9. The van der Waals surface area contributed by atoms with Crippen molar-refractivity contribution in [1.29, 1.82) is 0 Å². The standard InChI is InChI=1S/C42H55N5O3/c1-8-9-10-11-12-13-14-15-16-35(50-34-23-19-32(20-24-34)26-31-17-21-33(48)22-18-31)41(49)43-39-29(3)25-28(2)38(30(39)4)40-45-44-37-27-36(42(5,6)7)46-47(37)40/h17-25,27,35,46,48H,8-16,26H2,1-7H3,(H,43,49). The van der Waals surface area contributed by atoms with E-state index in [1.807, 2.05) is 60.8 Å². The molecule has 266 valence electrons. The number of unbranched alkanes of at least 4 members (excludes halogenated alkanes) is 7. The molecule has 3 N–H and O–H groups in total. The number of aromatic amines is 1. The number of aromatic nitrogens is 4. The number of nitrogens with one attached hydrogen (secondary N) is 2. The number of hydrogen-bond acceptors (Lipinski definition) is 5. The van der Waals surface area contributed by atoms with Gasteiger partial charge in [0.25, 0.3) is 5.91 Å². The molecule has 1 amide bonds.